The smallest absolute Gasteiger partial charge is 0.238 e. The molecule has 3 rings (SSSR count). The fourth-order valence-corrected chi connectivity index (χ4v) is 2.72. The number of β-amino-alcohol motifs (C(OH)–C–C–N with tert-alkyl or cyclic N) is 1. The number of hydrogen-bond donors (Lipinski definition) is 2. The van der Waals surface area contributed by atoms with Crippen LogP contribution in [0.2, 0.25) is 0 Å². The highest BCUT2D eigenvalue weighted by molar-refractivity contribution is 5.92. The van der Waals surface area contributed by atoms with Crippen molar-refractivity contribution in [2.45, 2.75) is 25.4 Å². The minimum atomic E-state index is -0.252. The summed E-state index contributed by atoms with van der Waals surface area (Å²) in [5, 5.41) is 12.1. The Hall–Kier alpha value is -1.39. The van der Waals surface area contributed by atoms with Gasteiger partial charge in [0.15, 0.2) is 0 Å². The van der Waals surface area contributed by atoms with Crippen LogP contribution < -0.4 is 5.32 Å². The first kappa shape index (κ1) is 11.7. The average Bonchev–Trinajstić information content (AvgIpc) is 2.74. The maximum absolute atomic E-state index is 11.8. The highest BCUT2D eigenvalue weighted by atomic mass is 16.3. The molecule has 0 spiro atoms. The highest BCUT2D eigenvalue weighted by Gasteiger charge is 2.25. The lowest BCUT2D eigenvalue weighted by atomic mass is 10.1. The van der Waals surface area contributed by atoms with Gasteiger partial charge in [-0.25, -0.2) is 0 Å². The lowest BCUT2D eigenvalue weighted by molar-refractivity contribution is -0.119. The van der Waals surface area contributed by atoms with Crippen molar-refractivity contribution in [2.75, 3.05) is 25.0 Å². The molecule has 1 saturated heterocycles. The summed E-state index contributed by atoms with van der Waals surface area (Å²) in [6.45, 7) is 1.59. The lowest BCUT2D eigenvalue weighted by Crippen LogP contribution is -2.53. The second-order valence-corrected chi connectivity index (χ2v) is 5.23. The van der Waals surface area contributed by atoms with Gasteiger partial charge < -0.3 is 10.4 Å². The number of rotatable bonds is 3. The Morgan fingerprint density at radius 2 is 2.11 bits per heavy atom. The summed E-state index contributed by atoms with van der Waals surface area (Å²) in [4.78, 5) is 13.7. The standard InChI is InChI=1S/C14H18N2O2/c17-13-7-16(8-13)9-14(18)15-12-5-4-10-2-1-3-11(10)6-12/h4-6,13,17H,1-3,7-9H2,(H,15,18). The van der Waals surface area contributed by atoms with Crippen molar-refractivity contribution >= 4 is 11.6 Å². The molecule has 96 valence electrons. The van der Waals surface area contributed by atoms with Crippen LogP contribution in [0.4, 0.5) is 5.69 Å². The predicted octanol–water partition coefficient (Wildman–Crippen LogP) is 0.790. The average molecular weight is 246 g/mol. The van der Waals surface area contributed by atoms with Gasteiger partial charge in [0.05, 0.1) is 12.6 Å². The van der Waals surface area contributed by atoms with Crippen LogP contribution in [0.15, 0.2) is 18.2 Å². The highest BCUT2D eigenvalue weighted by Crippen LogP contribution is 2.24. The van der Waals surface area contributed by atoms with Gasteiger partial charge >= 0.3 is 0 Å². The van der Waals surface area contributed by atoms with Gasteiger partial charge in [-0.1, -0.05) is 6.07 Å². The van der Waals surface area contributed by atoms with Crippen LogP contribution >= 0.6 is 0 Å². The van der Waals surface area contributed by atoms with E-state index in [4.69, 9.17) is 5.11 Å². The van der Waals surface area contributed by atoms with E-state index in [1.807, 2.05) is 11.0 Å². The largest absolute Gasteiger partial charge is 0.390 e. The molecule has 1 aromatic rings. The molecular weight excluding hydrogens is 228 g/mol. The van der Waals surface area contributed by atoms with E-state index in [1.165, 1.54) is 17.5 Å². The molecule has 0 bridgehead atoms. The summed E-state index contributed by atoms with van der Waals surface area (Å²) >= 11 is 0. The van der Waals surface area contributed by atoms with Crippen LogP contribution in [0.3, 0.4) is 0 Å². The van der Waals surface area contributed by atoms with Gasteiger partial charge in [-0.2, -0.15) is 0 Å². The first-order valence-corrected chi connectivity index (χ1v) is 6.53. The third-order valence-corrected chi connectivity index (χ3v) is 3.69. The van der Waals surface area contributed by atoms with Gasteiger partial charge in [0, 0.05) is 18.8 Å². The van der Waals surface area contributed by atoms with Crippen LogP contribution in [0.25, 0.3) is 0 Å². The third-order valence-electron chi connectivity index (χ3n) is 3.69. The summed E-state index contributed by atoms with van der Waals surface area (Å²) in [7, 11) is 0. The molecule has 2 aliphatic rings. The Morgan fingerprint density at radius 3 is 2.89 bits per heavy atom. The van der Waals surface area contributed by atoms with E-state index in [9.17, 15) is 4.79 Å². The molecule has 18 heavy (non-hydrogen) atoms. The molecule has 0 unspecified atom stereocenters. The minimum absolute atomic E-state index is 0.000142. The third kappa shape index (κ3) is 2.40. The van der Waals surface area contributed by atoms with Gasteiger partial charge in [-0.05, 0) is 42.5 Å². The number of benzene rings is 1. The number of nitrogens with zero attached hydrogens (tertiary/aromatic N) is 1. The molecule has 1 heterocycles. The Morgan fingerprint density at radius 1 is 1.33 bits per heavy atom. The number of likely N-dealkylation sites (tertiary alicyclic amines) is 1. The van der Waals surface area contributed by atoms with Gasteiger partial charge in [-0.3, -0.25) is 9.69 Å². The normalized spacial score (nSPS) is 19.4. The van der Waals surface area contributed by atoms with Crippen molar-refractivity contribution in [3.63, 3.8) is 0 Å². The number of aliphatic hydroxyl groups excluding tert-OH is 1. The predicted molar refractivity (Wildman–Crippen MR) is 69.5 cm³/mol. The van der Waals surface area contributed by atoms with Crippen LogP contribution in [-0.4, -0.2) is 41.7 Å². The van der Waals surface area contributed by atoms with Crippen LogP contribution in [0, 0.1) is 0 Å². The Kier molecular flexibility index (Phi) is 3.06. The molecular formula is C14H18N2O2. The number of fused-ring (bicyclic) bond motifs is 1. The topological polar surface area (TPSA) is 52.6 Å². The first-order chi connectivity index (χ1) is 8.70. The van der Waals surface area contributed by atoms with Crippen molar-refractivity contribution in [1.29, 1.82) is 0 Å². The molecule has 0 saturated carbocycles. The van der Waals surface area contributed by atoms with Crippen molar-refractivity contribution in [3.05, 3.63) is 29.3 Å². The molecule has 1 aliphatic heterocycles. The molecule has 1 aromatic carbocycles. The zero-order chi connectivity index (χ0) is 12.5. The van der Waals surface area contributed by atoms with Crippen molar-refractivity contribution in [3.8, 4) is 0 Å². The fourth-order valence-electron chi connectivity index (χ4n) is 2.72. The molecule has 1 amide bonds. The number of carbonyl (C=O) groups excluding carboxylic acids is 1. The van der Waals surface area contributed by atoms with E-state index in [2.05, 4.69) is 17.4 Å². The summed E-state index contributed by atoms with van der Waals surface area (Å²) in [6, 6.07) is 6.18. The van der Waals surface area contributed by atoms with Crippen LogP contribution in [0.1, 0.15) is 17.5 Å². The number of anilines is 1. The summed E-state index contributed by atoms with van der Waals surface area (Å²) < 4.78 is 0. The molecule has 0 atom stereocenters. The van der Waals surface area contributed by atoms with Crippen molar-refractivity contribution < 1.29 is 9.90 Å². The van der Waals surface area contributed by atoms with Gasteiger partial charge in [0.2, 0.25) is 5.91 Å². The summed E-state index contributed by atoms with van der Waals surface area (Å²) in [5.74, 6) is -0.000142. The molecule has 1 fully saturated rings. The monoisotopic (exact) mass is 246 g/mol. The molecule has 4 heteroatoms. The van der Waals surface area contributed by atoms with Crippen LogP contribution in [-0.2, 0) is 17.6 Å². The van der Waals surface area contributed by atoms with Gasteiger partial charge in [-0.15, -0.1) is 0 Å². The Balaban J connectivity index is 1.57. The molecule has 4 nitrogen and oxygen atoms in total. The molecule has 0 aromatic heterocycles. The van der Waals surface area contributed by atoms with E-state index < -0.39 is 0 Å². The SMILES string of the molecule is O=C(CN1CC(O)C1)Nc1ccc2c(c1)CCC2. The first-order valence-electron chi connectivity index (χ1n) is 6.53. The lowest BCUT2D eigenvalue weighted by Gasteiger charge is -2.35. The zero-order valence-electron chi connectivity index (χ0n) is 10.4. The number of amides is 1. The van der Waals surface area contributed by atoms with Crippen molar-refractivity contribution in [2.24, 2.45) is 0 Å². The summed E-state index contributed by atoms with van der Waals surface area (Å²) in [5.41, 5.74) is 3.67. The number of nitrogens with one attached hydrogen (secondary N) is 1. The quantitative estimate of drug-likeness (QED) is 0.829. The number of aryl methyl sites for hydroxylation is 2. The minimum Gasteiger partial charge on any atom is -0.390 e. The Labute approximate surface area is 107 Å². The van der Waals surface area contributed by atoms with E-state index in [0.29, 0.717) is 19.6 Å². The number of aliphatic hydroxyl groups is 1. The van der Waals surface area contributed by atoms with E-state index in [1.54, 1.807) is 0 Å². The number of hydrogen-bond acceptors (Lipinski definition) is 3. The maximum atomic E-state index is 11.8. The fraction of sp³-hybridized carbons (Fsp3) is 0.500. The van der Waals surface area contributed by atoms with Crippen LogP contribution in [0.5, 0.6) is 0 Å². The second kappa shape index (κ2) is 4.71. The number of carbonyl (C=O) groups is 1. The van der Waals surface area contributed by atoms with Crippen molar-refractivity contribution in [1.82, 2.24) is 4.90 Å². The van der Waals surface area contributed by atoms with E-state index >= 15 is 0 Å². The van der Waals surface area contributed by atoms with Gasteiger partial charge in [0.25, 0.3) is 0 Å². The van der Waals surface area contributed by atoms with E-state index in [-0.39, 0.29) is 12.0 Å². The molecule has 0 radical (unpaired) electrons. The summed E-state index contributed by atoms with van der Waals surface area (Å²) in [6.07, 6.45) is 3.25. The molecule has 2 N–H and O–H groups in total. The zero-order valence-corrected chi connectivity index (χ0v) is 10.4. The maximum Gasteiger partial charge on any atom is 0.238 e. The second-order valence-electron chi connectivity index (χ2n) is 5.23. The molecule has 1 aliphatic carbocycles. The van der Waals surface area contributed by atoms with E-state index in [0.717, 1.165) is 18.5 Å². The Bertz CT molecular complexity index is 467. The van der Waals surface area contributed by atoms with Gasteiger partial charge in [0.1, 0.15) is 0 Å².